The fraction of sp³-hybridized carbons (Fsp3) is 0.0769. The number of hydrogen-bond donors (Lipinski definition) is 0. The molecule has 0 atom stereocenters. The summed E-state index contributed by atoms with van der Waals surface area (Å²) in [7, 11) is 0. The summed E-state index contributed by atoms with van der Waals surface area (Å²) in [6.45, 7) is 0.185. The number of aromatic nitrogens is 1. The molecule has 18 heavy (non-hydrogen) atoms. The third-order valence-electron chi connectivity index (χ3n) is 2.17. The Balaban J connectivity index is 2.11. The van der Waals surface area contributed by atoms with E-state index in [2.05, 4.69) is 20.9 Å². The topological polar surface area (TPSA) is 45.9 Å². The first-order valence-corrected chi connectivity index (χ1v) is 5.89. The molecule has 1 aromatic carbocycles. The average molecular weight is 307 g/mol. The molecule has 0 amide bonds. The third kappa shape index (κ3) is 3.28. The third-order valence-corrected chi connectivity index (χ3v) is 2.61. The lowest BCUT2D eigenvalue weighted by molar-refractivity contribution is 0.304. The maximum absolute atomic E-state index is 13.2. The molecule has 0 aliphatic carbocycles. The van der Waals surface area contributed by atoms with Crippen LogP contribution in [-0.2, 0) is 6.61 Å². The predicted octanol–water partition coefficient (Wildman–Crippen LogP) is 3.43. The number of nitriles is 1. The van der Waals surface area contributed by atoms with Gasteiger partial charge in [-0.1, -0.05) is 0 Å². The Bertz CT molecular complexity index is 610. The van der Waals surface area contributed by atoms with Crippen molar-refractivity contribution < 1.29 is 9.13 Å². The number of nitrogens with zero attached hydrogens (tertiary/aromatic N) is 2. The maximum Gasteiger partial charge on any atom is 0.139 e. The van der Waals surface area contributed by atoms with Gasteiger partial charge in [-0.25, -0.2) is 4.39 Å². The second kappa shape index (κ2) is 5.61. The van der Waals surface area contributed by atoms with Gasteiger partial charge >= 0.3 is 0 Å². The highest BCUT2D eigenvalue weighted by molar-refractivity contribution is 9.10. The van der Waals surface area contributed by atoms with Crippen LogP contribution in [0, 0.1) is 17.1 Å². The minimum atomic E-state index is -0.444. The van der Waals surface area contributed by atoms with Crippen molar-refractivity contribution in [3.8, 4) is 11.8 Å². The van der Waals surface area contributed by atoms with Gasteiger partial charge in [0.2, 0.25) is 0 Å². The highest BCUT2D eigenvalue weighted by atomic mass is 79.9. The van der Waals surface area contributed by atoms with Crippen LogP contribution in [0.4, 0.5) is 4.39 Å². The van der Waals surface area contributed by atoms with Crippen LogP contribution >= 0.6 is 15.9 Å². The quantitative estimate of drug-likeness (QED) is 0.872. The van der Waals surface area contributed by atoms with E-state index in [9.17, 15) is 4.39 Å². The Morgan fingerprint density at radius 1 is 1.28 bits per heavy atom. The molecular weight excluding hydrogens is 299 g/mol. The minimum Gasteiger partial charge on any atom is -0.487 e. The van der Waals surface area contributed by atoms with Crippen molar-refractivity contribution >= 4 is 15.9 Å². The van der Waals surface area contributed by atoms with Gasteiger partial charge in [-0.05, 0) is 45.8 Å². The molecule has 1 aromatic heterocycles. The fourth-order valence-electron chi connectivity index (χ4n) is 1.44. The van der Waals surface area contributed by atoms with Gasteiger partial charge in [0.25, 0.3) is 0 Å². The Kier molecular flexibility index (Phi) is 3.90. The summed E-state index contributed by atoms with van der Waals surface area (Å²) in [6.07, 6.45) is 3.21. The molecule has 2 aromatic rings. The molecular formula is C13H8BrFN2O. The fourth-order valence-corrected chi connectivity index (χ4v) is 1.78. The van der Waals surface area contributed by atoms with Crippen LogP contribution in [0.3, 0.4) is 0 Å². The smallest absolute Gasteiger partial charge is 0.139 e. The molecule has 0 saturated carbocycles. The summed E-state index contributed by atoms with van der Waals surface area (Å²) in [5, 5.41) is 8.73. The molecule has 90 valence electrons. The maximum atomic E-state index is 13.2. The lowest BCUT2D eigenvalue weighted by atomic mass is 10.1. The molecule has 0 fully saturated rings. The lowest BCUT2D eigenvalue weighted by Gasteiger charge is -2.06. The monoisotopic (exact) mass is 306 g/mol. The number of halogens is 2. The molecule has 5 heteroatoms. The normalized spacial score (nSPS) is 9.83. The van der Waals surface area contributed by atoms with Crippen LogP contribution in [-0.4, -0.2) is 4.98 Å². The first-order chi connectivity index (χ1) is 8.67. The molecule has 0 bridgehead atoms. The van der Waals surface area contributed by atoms with Gasteiger partial charge in [0.15, 0.2) is 0 Å². The Morgan fingerprint density at radius 2 is 2.11 bits per heavy atom. The molecule has 2 rings (SSSR count). The van der Waals surface area contributed by atoms with E-state index in [-0.39, 0.29) is 12.2 Å². The van der Waals surface area contributed by atoms with Crippen LogP contribution < -0.4 is 4.74 Å². The van der Waals surface area contributed by atoms with E-state index in [1.807, 2.05) is 6.07 Å². The van der Waals surface area contributed by atoms with Crippen molar-refractivity contribution in [2.75, 3.05) is 0 Å². The molecule has 1 heterocycles. The number of hydrogen-bond acceptors (Lipinski definition) is 3. The van der Waals surface area contributed by atoms with Crippen molar-refractivity contribution in [3.05, 3.63) is 58.1 Å². The lowest BCUT2D eigenvalue weighted by Crippen LogP contribution is -1.97. The molecule has 3 nitrogen and oxygen atoms in total. The minimum absolute atomic E-state index is 0.185. The van der Waals surface area contributed by atoms with Crippen LogP contribution in [0.2, 0.25) is 0 Å². The van der Waals surface area contributed by atoms with Crippen molar-refractivity contribution in [2.24, 2.45) is 0 Å². The molecule has 0 N–H and O–H groups in total. The zero-order valence-corrected chi connectivity index (χ0v) is 10.8. The zero-order valence-electron chi connectivity index (χ0n) is 9.23. The predicted molar refractivity (Wildman–Crippen MR) is 67.4 cm³/mol. The van der Waals surface area contributed by atoms with E-state index in [0.29, 0.717) is 11.3 Å². The van der Waals surface area contributed by atoms with Crippen molar-refractivity contribution in [1.82, 2.24) is 4.98 Å². The molecule has 0 saturated heterocycles. The number of rotatable bonds is 3. The van der Waals surface area contributed by atoms with E-state index in [1.165, 1.54) is 12.1 Å². The van der Waals surface area contributed by atoms with E-state index in [0.717, 1.165) is 4.47 Å². The molecule has 0 radical (unpaired) electrons. The number of benzene rings is 1. The standard InChI is InChI=1S/C13H8BrFN2O/c14-11-4-13(7-17-6-11)18-8-10-1-9(5-16)2-12(15)3-10/h1-4,6-7H,8H2. The average Bonchev–Trinajstić information content (AvgIpc) is 2.36. The van der Waals surface area contributed by atoms with Gasteiger partial charge in [-0.2, -0.15) is 5.26 Å². The van der Waals surface area contributed by atoms with Crippen molar-refractivity contribution in [1.29, 1.82) is 5.26 Å². The summed E-state index contributed by atoms with van der Waals surface area (Å²) in [5.41, 5.74) is 0.882. The van der Waals surface area contributed by atoms with E-state index in [1.54, 1.807) is 24.5 Å². The Morgan fingerprint density at radius 3 is 2.83 bits per heavy atom. The SMILES string of the molecule is N#Cc1cc(F)cc(COc2cncc(Br)c2)c1. The first-order valence-electron chi connectivity index (χ1n) is 5.10. The summed E-state index contributed by atoms with van der Waals surface area (Å²) in [5.74, 6) is 0.132. The van der Waals surface area contributed by atoms with Gasteiger partial charge in [0, 0.05) is 10.7 Å². The van der Waals surface area contributed by atoms with Crippen LogP contribution in [0.15, 0.2) is 41.1 Å². The second-order valence-corrected chi connectivity index (χ2v) is 4.50. The molecule has 0 aliphatic heterocycles. The number of ether oxygens (including phenoxy) is 1. The summed E-state index contributed by atoms with van der Waals surface area (Å²) < 4.78 is 19.4. The molecule has 0 aliphatic rings. The van der Waals surface area contributed by atoms with Gasteiger partial charge in [-0.15, -0.1) is 0 Å². The van der Waals surface area contributed by atoms with E-state index < -0.39 is 5.82 Å². The Labute approximate surface area is 112 Å². The first kappa shape index (κ1) is 12.5. The van der Waals surface area contributed by atoms with Gasteiger partial charge < -0.3 is 4.74 Å². The summed E-state index contributed by atoms with van der Waals surface area (Å²) in [4.78, 5) is 3.95. The summed E-state index contributed by atoms with van der Waals surface area (Å²) in [6, 6.07) is 7.78. The van der Waals surface area contributed by atoms with E-state index in [4.69, 9.17) is 10.00 Å². The van der Waals surface area contributed by atoms with Gasteiger partial charge in [0.05, 0.1) is 17.8 Å². The van der Waals surface area contributed by atoms with Gasteiger partial charge in [-0.3, -0.25) is 4.98 Å². The van der Waals surface area contributed by atoms with Gasteiger partial charge in [0.1, 0.15) is 18.2 Å². The van der Waals surface area contributed by atoms with Crippen LogP contribution in [0.25, 0.3) is 0 Å². The molecule has 0 spiro atoms. The van der Waals surface area contributed by atoms with E-state index >= 15 is 0 Å². The van der Waals surface area contributed by atoms with Crippen molar-refractivity contribution in [3.63, 3.8) is 0 Å². The largest absolute Gasteiger partial charge is 0.487 e. The van der Waals surface area contributed by atoms with Crippen LogP contribution in [0.5, 0.6) is 5.75 Å². The molecule has 0 unspecified atom stereocenters. The summed E-state index contributed by atoms with van der Waals surface area (Å²) >= 11 is 3.28. The Hall–Kier alpha value is -1.93. The van der Waals surface area contributed by atoms with Crippen LogP contribution in [0.1, 0.15) is 11.1 Å². The van der Waals surface area contributed by atoms with Crippen molar-refractivity contribution in [2.45, 2.75) is 6.61 Å². The number of pyridine rings is 1. The zero-order chi connectivity index (χ0) is 13.0. The second-order valence-electron chi connectivity index (χ2n) is 3.59. The highest BCUT2D eigenvalue weighted by Crippen LogP contribution is 2.17. The highest BCUT2D eigenvalue weighted by Gasteiger charge is 2.02.